The number of aromatic nitrogens is 2. The zero-order chi connectivity index (χ0) is 19.1. The Bertz CT molecular complexity index is 854. The fourth-order valence-corrected chi connectivity index (χ4v) is 4.85. The number of carbonyl (C=O) groups excluding carboxylic acids is 1. The van der Waals surface area contributed by atoms with Crippen molar-refractivity contribution in [2.75, 3.05) is 18.0 Å². The van der Waals surface area contributed by atoms with Crippen molar-refractivity contribution in [3.63, 3.8) is 0 Å². The van der Waals surface area contributed by atoms with Crippen molar-refractivity contribution >= 4 is 23.5 Å². The van der Waals surface area contributed by atoms with Crippen LogP contribution in [0.25, 0.3) is 0 Å². The monoisotopic (exact) mass is 398 g/mol. The number of hydrogen-bond donors (Lipinski definition) is 1. The van der Waals surface area contributed by atoms with Crippen molar-refractivity contribution in [3.8, 4) is 0 Å². The van der Waals surface area contributed by atoms with Crippen LogP contribution in [-0.2, 0) is 16.0 Å². The van der Waals surface area contributed by atoms with Gasteiger partial charge in [-0.25, -0.2) is 9.97 Å². The fourth-order valence-electron chi connectivity index (χ4n) is 4.72. The zero-order valence-electron chi connectivity index (χ0n) is 15.6. The molecule has 2 aromatic rings. The van der Waals surface area contributed by atoms with E-state index >= 15 is 0 Å². The molecule has 6 nitrogen and oxygen atoms in total. The largest absolute Gasteiger partial charge is 0.373 e. The molecule has 0 aliphatic carbocycles. The van der Waals surface area contributed by atoms with E-state index in [0.717, 1.165) is 24.8 Å². The van der Waals surface area contributed by atoms with E-state index in [-0.39, 0.29) is 18.1 Å². The molecule has 3 aliphatic rings. The normalized spacial score (nSPS) is 27.5. The van der Waals surface area contributed by atoms with E-state index in [1.54, 1.807) is 18.5 Å². The van der Waals surface area contributed by atoms with Crippen LogP contribution in [0.4, 0.5) is 5.95 Å². The second kappa shape index (κ2) is 7.01. The Morgan fingerprint density at radius 1 is 1.21 bits per heavy atom. The Balaban J connectivity index is 1.34. The van der Waals surface area contributed by atoms with Crippen LogP contribution in [-0.4, -0.2) is 47.2 Å². The molecule has 28 heavy (non-hydrogen) atoms. The molecule has 0 radical (unpaired) electrons. The number of halogens is 1. The average molecular weight is 399 g/mol. The number of nitrogens with zero attached hydrogens (tertiary/aromatic N) is 3. The highest BCUT2D eigenvalue weighted by atomic mass is 35.5. The number of hydrogen-bond acceptors (Lipinski definition) is 5. The van der Waals surface area contributed by atoms with E-state index in [0.29, 0.717) is 36.6 Å². The van der Waals surface area contributed by atoms with Crippen LogP contribution in [0, 0.1) is 5.41 Å². The van der Waals surface area contributed by atoms with Crippen molar-refractivity contribution in [1.82, 2.24) is 15.3 Å². The van der Waals surface area contributed by atoms with Gasteiger partial charge in [-0.3, -0.25) is 4.79 Å². The summed E-state index contributed by atoms with van der Waals surface area (Å²) in [5, 5.41) is 4.00. The summed E-state index contributed by atoms with van der Waals surface area (Å²) in [5.74, 6) is 0.779. The van der Waals surface area contributed by atoms with Gasteiger partial charge in [0.1, 0.15) is 0 Å². The van der Waals surface area contributed by atoms with Gasteiger partial charge in [0, 0.05) is 30.5 Å². The molecule has 0 unspecified atom stereocenters. The summed E-state index contributed by atoms with van der Waals surface area (Å²) >= 11 is 6.03. The van der Waals surface area contributed by atoms with E-state index in [9.17, 15) is 4.79 Å². The molecule has 4 heterocycles. The molecule has 146 valence electrons. The number of ether oxygens (including phenoxy) is 1. The lowest BCUT2D eigenvalue weighted by Crippen LogP contribution is -2.66. The van der Waals surface area contributed by atoms with Gasteiger partial charge in [0.2, 0.25) is 11.9 Å². The summed E-state index contributed by atoms with van der Waals surface area (Å²) in [5.41, 5.74) is 0.617. The molecular weight excluding hydrogens is 376 g/mol. The van der Waals surface area contributed by atoms with Gasteiger partial charge in [0.25, 0.3) is 0 Å². The highest BCUT2D eigenvalue weighted by Gasteiger charge is 2.52. The fraction of sp³-hybridized carbons (Fsp3) is 0.476. The van der Waals surface area contributed by atoms with Gasteiger partial charge in [-0.1, -0.05) is 23.7 Å². The van der Waals surface area contributed by atoms with Crippen molar-refractivity contribution in [2.24, 2.45) is 5.41 Å². The molecule has 3 saturated heterocycles. The number of anilines is 1. The third kappa shape index (κ3) is 3.25. The van der Waals surface area contributed by atoms with E-state index in [1.807, 2.05) is 24.3 Å². The molecular formula is C21H23ClN4O2. The van der Waals surface area contributed by atoms with E-state index in [4.69, 9.17) is 16.3 Å². The first-order valence-corrected chi connectivity index (χ1v) is 10.2. The lowest BCUT2D eigenvalue weighted by Gasteiger charge is -2.49. The predicted octanol–water partition coefficient (Wildman–Crippen LogP) is 2.62. The molecule has 1 aromatic heterocycles. The third-order valence-electron chi connectivity index (χ3n) is 6.18. The summed E-state index contributed by atoms with van der Waals surface area (Å²) in [6.07, 6.45) is 7.71. The summed E-state index contributed by atoms with van der Waals surface area (Å²) in [6, 6.07) is 9.69. The number of fused-ring (bicyclic) bond motifs is 2. The Kier molecular flexibility index (Phi) is 4.48. The molecule has 3 aliphatic heterocycles. The van der Waals surface area contributed by atoms with Gasteiger partial charge >= 0.3 is 0 Å². The van der Waals surface area contributed by atoms with Gasteiger partial charge in [0.15, 0.2) is 0 Å². The second-order valence-corrected chi connectivity index (χ2v) is 8.61. The van der Waals surface area contributed by atoms with Gasteiger partial charge in [-0.2, -0.15) is 0 Å². The van der Waals surface area contributed by atoms with E-state index < -0.39 is 5.41 Å². The Morgan fingerprint density at radius 3 is 2.61 bits per heavy atom. The first-order chi connectivity index (χ1) is 13.6. The van der Waals surface area contributed by atoms with Crippen LogP contribution in [0.2, 0.25) is 5.02 Å². The number of carbonyl (C=O) groups is 1. The first-order valence-electron chi connectivity index (χ1n) is 9.84. The molecule has 3 atom stereocenters. The number of rotatable bonds is 5. The molecule has 1 aromatic carbocycles. The van der Waals surface area contributed by atoms with Crippen molar-refractivity contribution in [2.45, 2.75) is 43.9 Å². The Labute approximate surface area is 169 Å². The van der Waals surface area contributed by atoms with Crippen molar-refractivity contribution < 1.29 is 9.53 Å². The summed E-state index contributed by atoms with van der Waals surface area (Å²) in [6.45, 7) is 1.21. The molecule has 0 spiro atoms. The quantitative estimate of drug-likeness (QED) is 0.838. The topological polar surface area (TPSA) is 67.3 Å². The Morgan fingerprint density at radius 2 is 1.96 bits per heavy atom. The van der Waals surface area contributed by atoms with Gasteiger partial charge in [-0.15, -0.1) is 0 Å². The van der Waals surface area contributed by atoms with Crippen LogP contribution in [0.5, 0.6) is 0 Å². The first kappa shape index (κ1) is 17.9. The minimum Gasteiger partial charge on any atom is -0.373 e. The molecule has 2 bridgehead atoms. The lowest BCUT2D eigenvalue weighted by atomic mass is 9.73. The van der Waals surface area contributed by atoms with Gasteiger partial charge < -0.3 is 15.0 Å². The van der Waals surface area contributed by atoms with Gasteiger partial charge in [0.05, 0.1) is 23.7 Å². The number of amides is 1. The molecule has 7 heteroatoms. The molecule has 1 N–H and O–H groups in total. The third-order valence-corrected chi connectivity index (χ3v) is 6.43. The number of benzene rings is 1. The molecule has 1 amide bonds. The minimum atomic E-state index is -0.491. The average Bonchev–Trinajstić information content (AvgIpc) is 3.29. The highest BCUT2D eigenvalue weighted by molar-refractivity contribution is 6.30. The van der Waals surface area contributed by atoms with Crippen LogP contribution in [0.3, 0.4) is 0 Å². The maximum Gasteiger partial charge on any atom is 0.230 e. The molecule has 0 saturated carbocycles. The van der Waals surface area contributed by atoms with Crippen molar-refractivity contribution in [3.05, 3.63) is 53.3 Å². The highest BCUT2D eigenvalue weighted by Crippen LogP contribution is 2.39. The van der Waals surface area contributed by atoms with Gasteiger partial charge in [-0.05, 0) is 49.4 Å². The number of nitrogens with one attached hydrogen (secondary N) is 1. The minimum absolute atomic E-state index is 0.107. The van der Waals surface area contributed by atoms with E-state index in [2.05, 4.69) is 20.2 Å². The standard InChI is InChI=1S/C21H23ClN4O2/c22-15-4-2-14(3-5-15)11-21(12-26(13-21)20-23-8-1-9-24-20)19(27)25-17-10-16-6-7-18(17)28-16/h1-5,8-9,16-18H,6-7,10-13H2,(H,25,27)/t16-,17+,18+/m0/s1. The zero-order valence-corrected chi connectivity index (χ0v) is 16.3. The summed E-state index contributed by atoms with van der Waals surface area (Å²) in [7, 11) is 0. The maximum absolute atomic E-state index is 13.4. The molecule has 5 rings (SSSR count). The predicted molar refractivity (Wildman–Crippen MR) is 106 cm³/mol. The van der Waals surface area contributed by atoms with Crippen LogP contribution >= 0.6 is 11.6 Å². The summed E-state index contributed by atoms with van der Waals surface area (Å²) in [4.78, 5) is 24.1. The van der Waals surface area contributed by atoms with E-state index in [1.165, 1.54) is 0 Å². The maximum atomic E-state index is 13.4. The smallest absolute Gasteiger partial charge is 0.230 e. The lowest BCUT2D eigenvalue weighted by molar-refractivity contribution is -0.133. The second-order valence-electron chi connectivity index (χ2n) is 8.18. The SMILES string of the molecule is O=C(N[C@@H]1C[C@@H]2CC[C@H]1O2)C1(Cc2ccc(Cl)cc2)CN(c2ncccn2)C1. The Hall–Kier alpha value is -2.18. The summed E-state index contributed by atoms with van der Waals surface area (Å²) < 4.78 is 5.91. The molecule has 3 fully saturated rings. The van der Waals surface area contributed by atoms with Crippen LogP contribution in [0.1, 0.15) is 24.8 Å². The van der Waals surface area contributed by atoms with Crippen molar-refractivity contribution in [1.29, 1.82) is 0 Å². The van der Waals surface area contributed by atoms with Crippen LogP contribution in [0.15, 0.2) is 42.7 Å². The van der Waals surface area contributed by atoms with Crippen LogP contribution < -0.4 is 10.2 Å².